The summed E-state index contributed by atoms with van der Waals surface area (Å²) in [5.41, 5.74) is 6.60. The number of guanidine groups is 1. The molecule has 2 N–H and O–H groups in total. The first-order valence-corrected chi connectivity index (χ1v) is 8.38. The second-order valence-corrected chi connectivity index (χ2v) is 7.40. The van der Waals surface area contributed by atoms with Crippen LogP contribution in [0, 0.1) is 11.8 Å². The quantitative estimate of drug-likeness (QED) is 0.830. The molecular formula is C16H27N3. The third-order valence-electron chi connectivity index (χ3n) is 6.13. The second kappa shape index (κ2) is 4.39. The van der Waals surface area contributed by atoms with Crippen molar-refractivity contribution in [1.82, 2.24) is 4.90 Å². The molecule has 0 aromatic carbocycles. The molecule has 19 heavy (non-hydrogen) atoms. The molecule has 3 aliphatic carbocycles. The molecule has 3 nitrogen and oxygen atoms in total. The van der Waals surface area contributed by atoms with Crippen LogP contribution in [-0.4, -0.2) is 29.0 Å². The Bertz CT molecular complexity index is 381. The fraction of sp³-hybridized carbons (Fsp3) is 0.938. The molecule has 2 unspecified atom stereocenters. The van der Waals surface area contributed by atoms with Crippen molar-refractivity contribution in [2.75, 3.05) is 6.54 Å². The summed E-state index contributed by atoms with van der Waals surface area (Å²) in [4.78, 5) is 7.27. The van der Waals surface area contributed by atoms with Crippen molar-refractivity contribution >= 4 is 5.96 Å². The highest BCUT2D eigenvalue weighted by Crippen LogP contribution is 2.50. The Morgan fingerprint density at radius 1 is 1.00 bits per heavy atom. The van der Waals surface area contributed by atoms with Gasteiger partial charge in [-0.15, -0.1) is 0 Å². The molecule has 3 saturated carbocycles. The fourth-order valence-corrected chi connectivity index (χ4v) is 5.08. The maximum absolute atomic E-state index is 6.28. The van der Waals surface area contributed by atoms with E-state index in [0.29, 0.717) is 11.6 Å². The van der Waals surface area contributed by atoms with Crippen molar-refractivity contribution in [3.05, 3.63) is 0 Å². The molecule has 0 aromatic rings. The van der Waals surface area contributed by atoms with Crippen LogP contribution in [-0.2, 0) is 0 Å². The lowest BCUT2D eigenvalue weighted by atomic mass is 9.72. The van der Waals surface area contributed by atoms with E-state index >= 15 is 0 Å². The SMILES string of the molecule is NC1=NCC2(CCCC(C3CC3)C2)N1C1CCCC1. The van der Waals surface area contributed by atoms with Crippen molar-refractivity contribution in [1.29, 1.82) is 0 Å². The molecule has 3 fully saturated rings. The van der Waals surface area contributed by atoms with Gasteiger partial charge < -0.3 is 10.6 Å². The summed E-state index contributed by atoms with van der Waals surface area (Å²) in [5.74, 6) is 2.88. The molecule has 1 aliphatic heterocycles. The second-order valence-electron chi connectivity index (χ2n) is 7.40. The van der Waals surface area contributed by atoms with Gasteiger partial charge in [-0.25, -0.2) is 0 Å². The first-order valence-electron chi connectivity index (χ1n) is 8.38. The summed E-state index contributed by atoms with van der Waals surface area (Å²) in [6.45, 7) is 0.985. The van der Waals surface area contributed by atoms with Gasteiger partial charge in [-0.3, -0.25) is 4.99 Å². The van der Waals surface area contributed by atoms with Gasteiger partial charge in [0.05, 0.1) is 12.1 Å². The molecule has 2 atom stereocenters. The number of hydrogen-bond acceptors (Lipinski definition) is 3. The molecule has 0 bridgehead atoms. The van der Waals surface area contributed by atoms with Gasteiger partial charge in [0, 0.05) is 6.04 Å². The molecule has 106 valence electrons. The van der Waals surface area contributed by atoms with E-state index in [4.69, 9.17) is 5.73 Å². The topological polar surface area (TPSA) is 41.6 Å². The van der Waals surface area contributed by atoms with E-state index < -0.39 is 0 Å². The van der Waals surface area contributed by atoms with Gasteiger partial charge in [0.15, 0.2) is 5.96 Å². The van der Waals surface area contributed by atoms with E-state index in [1.165, 1.54) is 64.2 Å². The van der Waals surface area contributed by atoms with Crippen LogP contribution in [0.15, 0.2) is 4.99 Å². The van der Waals surface area contributed by atoms with Gasteiger partial charge in [0.1, 0.15) is 0 Å². The van der Waals surface area contributed by atoms with Crippen molar-refractivity contribution < 1.29 is 0 Å². The number of hydrogen-bond donors (Lipinski definition) is 1. The zero-order valence-corrected chi connectivity index (χ0v) is 12.0. The molecule has 3 heteroatoms. The third kappa shape index (κ3) is 1.96. The smallest absolute Gasteiger partial charge is 0.192 e. The molecule has 1 heterocycles. The summed E-state index contributed by atoms with van der Waals surface area (Å²) in [7, 11) is 0. The van der Waals surface area contributed by atoms with Crippen molar-refractivity contribution in [3.63, 3.8) is 0 Å². The number of nitrogens with zero attached hydrogens (tertiary/aromatic N) is 2. The standard InChI is InChI=1S/C16H27N3/c17-15-18-11-16(19(15)14-5-1-2-6-14)9-3-4-13(10-16)12-7-8-12/h12-14H,1-11H2,(H2,17,18). The lowest BCUT2D eigenvalue weighted by Gasteiger charge is -2.47. The van der Waals surface area contributed by atoms with Gasteiger partial charge >= 0.3 is 0 Å². The summed E-state index contributed by atoms with van der Waals surface area (Å²) in [5, 5.41) is 0. The highest BCUT2D eigenvalue weighted by molar-refractivity contribution is 5.81. The Labute approximate surface area is 116 Å². The minimum Gasteiger partial charge on any atom is -0.370 e. The van der Waals surface area contributed by atoms with Crippen LogP contribution in [0.4, 0.5) is 0 Å². The zero-order chi connectivity index (χ0) is 12.9. The van der Waals surface area contributed by atoms with Crippen LogP contribution in [0.3, 0.4) is 0 Å². The predicted molar refractivity (Wildman–Crippen MR) is 78.0 cm³/mol. The third-order valence-corrected chi connectivity index (χ3v) is 6.13. The Balaban J connectivity index is 1.57. The van der Waals surface area contributed by atoms with E-state index in [1.54, 1.807) is 0 Å². The number of aliphatic imine (C=N–C) groups is 1. The molecule has 0 amide bonds. The van der Waals surface area contributed by atoms with Crippen LogP contribution in [0.25, 0.3) is 0 Å². The lowest BCUT2D eigenvalue weighted by molar-refractivity contribution is 0.0713. The summed E-state index contributed by atoms with van der Waals surface area (Å²) >= 11 is 0. The first-order chi connectivity index (χ1) is 9.28. The van der Waals surface area contributed by atoms with Crippen LogP contribution in [0.1, 0.15) is 64.2 Å². The van der Waals surface area contributed by atoms with Crippen molar-refractivity contribution in [2.45, 2.75) is 75.8 Å². The monoisotopic (exact) mass is 261 g/mol. The van der Waals surface area contributed by atoms with Crippen LogP contribution < -0.4 is 5.73 Å². The Morgan fingerprint density at radius 3 is 2.53 bits per heavy atom. The number of rotatable bonds is 2. The molecular weight excluding hydrogens is 234 g/mol. The first kappa shape index (κ1) is 12.0. The summed E-state index contributed by atoms with van der Waals surface area (Å²) < 4.78 is 0. The summed E-state index contributed by atoms with van der Waals surface area (Å²) in [6, 6.07) is 0.698. The zero-order valence-electron chi connectivity index (χ0n) is 12.0. The Morgan fingerprint density at radius 2 is 1.79 bits per heavy atom. The van der Waals surface area contributed by atoms with E-state index in [9.17, 15) is 0 Å². The Kier molecular flexibility index (Phi) is 2.78. The van der Waals surface area contributed by atoms with Crippen molar-refractivity contribution in [3.8, 4) is 0 Å². The average molecular weight is 261 g/mol. The van der Waals surface area contributed by atoms with Crippen LogP contribution >= 0.6 is 0 Å². The van der Waals surface area contributed by atoms with Gasteiger partial charge in [-0.1, -0.05) is 25.7 Å². The van der Waals surface area contributed by atoms with E-state index in [0.717, 1.165) is 24.3 Å². The largest absolute Gasteiger partial charge is 0.370 e. The van der Waals surface area contributed by atoms with Gasteiger partial charge in [0.2, 0.25) is 0 Å². The number of nitrogens with two attached hydrogens (primary N) is 1. The van der Waals surface area contributed by atoms with Gasteiger partial charge in [0.25, 0.3) is 0 Å². The van der Waals surface area contributed by atoms with E-state index in [2.05, 4.69) is 9.89 Å². The van der Waals surface area contributed by atoms with E-state index in [-0.39, 0.29) is 0 Å². The highest BCUT2D eigenvalue weighted by Gasteiger charge is 2.50. The molecule has 4 aliphatic rings. The van der Waals surface area contributed by atoms with Crippen LogP contribution in [0.5, 0.6) is 0 Å². The highest BCUT2D eigenvalue weighted by atomic mass is 15.4. The molecule has 0 saturated heterocycles. The van der Waals surface area contributed by atoms with Gasteiger partial charge in [-0.2, -0.15) is 0 Å². The van der Waals surface area contributed by atoms with Crippen molar-refractivity contribution in [2.24, 2.45) is 22.6 Å². The minimum atomic E-state index is 0.324. The molecule has 4 rings (SSSR count). The molecule has 0 radical (unpaired) electrons. The normalized spacial score (nSPS) is 40.1. The molecule has 1 spiro atoms. The van der Waals surface area contributed by atoms with Crippen LogP contribution in [0.2, 0.25) is 0 Å². The average Bonchev–Trinajstić information content (AvgIpc) is 3.07. The fourth-order valence-electron chi connectivity index (χ4n) is 5.08. The van der Waals surface area contributed by atoms with Gasteiger partial charge in [-0.05, 0) is 50.4 Å². The lowest BCUT2D eigenvalue weighted by Crippen LogP contribution is -2.57. The maximum atomic E-state index is 6.28. The summed E-state index contributed by atoms with van der Waals surface area (Å²) in [6.07, 6.45) is 14.0. The maximum Gasteiger partial charge on any atom is 0.192 e. The predicted octanol–water partition coefficient (Wildman–Crippen LogP) is 2.90. The Hall–Kier alpha value is -0.730. The molecule has 0 aromatic heterocycles. The minimum absolute atomic E-state index is 0.324. The van der Waals surface area contributed by atoms with E-state index in [1.807, 2.05) is 0 Å².